The molecule has 0 radical (unpaired) electrons. The van der Waals surface area contributed by atoms with Crippen LogP contribution in [0, 0.1) is 0 Å². The Labute approximate surface area is 179 Å². The standard InChI is InChI=1S/C20H23N5O5S/c1-24-14-16(31(27,28)25-9-2-3-10-25)12-17(24)20(26)29-11-5-7-18-22-19(23-30-18)15-6-4-8-21-13-15/h4,6,8,12-14H,2-3,5,7,9-11H2,1H3. The fraction of sp³-hybridized carbons (Fsp3) is 0.400. The predicted molar refractivity (Wildman–Crippen MR) is 110 cm³/mol. The molecule has 164 valence electrons. The van der Waals surface area contributed by atoms with Gasteiger partial charge in [-0.15, -0.1) is 0 Å². The highest BCUT2D eigenvalue weighted by Gasteiger charge is 2.29. The number of aromatic nitrogens is 4. The number of ether oxygens (including phenoxy) is 1. The van der Waals surface area contributed by atoms with Gasteiger partial charge in [-0.1, -0.05) is 5.16 Å². The van der Waals surface area contributed by atoms with Crippen LogP contribution in [-0.4, -0.2) is 58.1 Å². The van der Waals surface area contributed by atoms with E-state index < -0.39 is 16.0 Å². The van der Waals surface area contributed by atoms with E-state index in [0.717, 1.165) is 18.4 Å². The molecule has 0 N–H and O–H groups in total. The van der Waals surface area contributed by atoms with Gasteiger partial charge in [0.1, 0.15) is 10.6 Å². The number of rotatable bonds is 8. The second-order valence-electron chi connectivity index (χ2n) is 7.28. The quantitative estimate of drug-likeness (QED) is 0.382. The highest BCUT2D eigenvalue weighted by atomic mass is 32.2. The Hall–Kier alpha value is -3.05. The Kier molecular flexibility index (Phi) is 6.14. The van der Waals surface area contributed by atoms with Crippen molar-refractivity contribution in [2.24, 2.45) is 7.05 Å². The molecule has 1 aliphatic heterocycles. The van der Waals surface area contributed by atoms with Gasteiger partial charge in [-0.2, -0.15) is 9.29 Å². The van der Waals surface area contributed by atoms with Gasteiger partial charge in [0, 0.05) is 50.7 Å². The monoisotopic (exact) mass is 445 g/mol. The Bertz CT molecular complexity index is 1150. The number of hydrogen-bond acceptors (Lipinski definition) is 8. The molecule has 4 rings (SSSR count). The van der Waals surface area contributed by atoms with E-state index in [9.17, 15) is 13.2 Å². The van der Waals surface area contributed by atoms with Crippen molar-refractivity contribution in [2.45, 2.75) is 30.6 Å². The molecular formula is C20H23N5O5S. The average Bonchev–Trinajstić information content (AvgIpc) is 3.52. The number of pyridine rings is 1. The van der Waals surface area contributed by atoms with Crippen LogP contribution in [0.1, 0.15) is 35.6 Å². The second kappa shape index (κ2) is 8.98. The van der Waals surface area contributed by atoms with Crippen molar-refractivity contribution in [3.63, 3.8) is 0 Å². The van der Waals surface area contributed by atoms with E-state index >= 15 is 0 Å². The lowest BCUT2D eigenvalue weighted by atomic mass is 10.3. The molecule has 0 aliphatic carbocycles. The molecule has 0 unspecified atom stereocenters. The third-order valence-corrected chi connectivity index (χ3v) is 6.91. The topological polar surface area (TPSA) is 120 Å². The van der Waals surface area contributed by atoms with Crippen molar-refractivity contribution in [1.82, 2.24) is 24.0 Å². The van der Waals surface area contributed by atoms with Crippen LogP contribution < -0.4 is 0 Å². The van der Waals surface area contributed by atoms with Gasteiger partial charge in [-0.05, 0) is 37.5 Å². The summed E-state index contributed by atoms with van der Waals surface area (Å²) in [6, 6.07) is 4.99. The summed E-state index contributed by atoms with van der Waals surface area (Å²) < 4.78 is 38.8. The molecule has 31 heavy (non-hydrogen) atoms. The van der Waals surface area contributed by atoms with Crippen LogP contribution >= 0.6 is 0 Å². The number of carbonyl (C=O) groups excluding carboxylic acids is 1. The molecule has 1 fully saturated rings. The summed E-state index contributed by atoms with van der Waals surface area (Å²) in [4.78, 5) is 20.8. The minimum Gasteiger partial charge on any atom is -0.461 e. The van der Waals surface area contributed by atoms with Crippen LogP contribution in [0.4, 0.5) is 0 Å². The molecule has 0 aromatic carbocycles. The van der Waals surface area contributed by atoms with Gasteiger partial charge in [0.15, 0.2) is 0 Å². The van der Waals surface area contributed by atoms with Crippen molar-refractivity contribution in [3.05, 3.63) is 48.4 Å². The van der Waals surface area contributed by atoms with E-state index in [2.05, 4.69) is 15.1 Å². The van der Waals surface area contributed by atoms with Crippen molar-refractivity contribution >= 4 is 16.0 Å². The van der Waals surface area contributed by atoms with Gasteiger partial charge in [-0.3, -0.25) is 4.98 Å². The molecule has 0 bridgehead atoms. The van der Waals surface area contributed by atoms with Crippen molar-refractivity contribution in [2.75, 3.05) is 19.7 Å². The molecule has 10 nitrogen and oxygen atoms in total. The number of aryl methyl sites for hydroxylation is 2. The molecule has 3 aromatic heterocycles. The Morgan fingerprint density at radius 1 is 1.29 bits per heavy atom. The van der Waals surface area contributed by atoms with Crippen LogP contribution in [0.2, 0.25) is 0 Å². The Balaban J connectivity index is 1.31. The van der Waals surface area contributed by atoms with Crippen LogP contribution in [0.3, 0.4) is 0 Å². The molecule has 1 saturated heterocycles. The molecule has 0 spiro atoms. The first-order chi connectivity index (χ1) is 14.9. The zero-order valence-electron chi connectivity index (χ0n) is 17.1. The minimum absolute atomic E-state index is 0.109. The molecule has 3 aromatic rings. The summed E-state index contributed by atoms with van der Waals surface area (Å²) in [6.07, 6.45) is 7.40. The van der Waals surface area contributed by atoms with E-state index in [0.29, 0.717) is 37.6 Å². The Morgan fingerprint density at radius 2 is 2.10 bits per heavy atom. The summed E-state index contributed by atoms with van der Waals surface area (Å²) in [5, 5.41) is 3.92. The highest BCUT2D eigenvalue weighted by Crippen LogP contribution is 2.23. The molecule has 11 heteroatoms. The van der Waals surface area contributed by atoms with Crippen molar-refractivity contribution < 1.29 is 22.5 Å². The normalized spacial score (nSPS) is 14.7. The van der Waals surface area contributed by atoms with Crippen LogP contribution in [0.5, 0.6) is 0 Å². The molecular weight excluding hydrogens is 422 g/mol. The fourth-order valence-corrected chi connectivity index (χ4v) is 4.98. The molecule has 4 heterocycles. The highest BCUT2D eigenvalue weighted by molar-refractivity contribution is 7.89. The lowest BCUT2D eigenvalue weighted by Crippen LogP contribution is -2.27. The molecule has 1 aliphatic rings. The van der Waals surface area contributed by atoms with Crippen LogP contribution in [-0.2, 0) is 28.2 Å². The van der Waals surface area contributed by atoms with Gasteiger partial charge in [0.05, 0.1) is 6.61 Å². The average molecular weight is 446 g/mol. The lowest BCUT2D eigenvalue weighted by molar-refractivity contribution is 0.0487. The van der Waals surface area contributed by atoms with Crippen molar-refractivity contribution in [3.8, 4) is 11.4 Å². The van der Waals surface area contributed by atoms with E-state index in [1.165, 1.54) is 21.1 Å². The van der Waals surface area contributed by atoms with Gasteiger partial charge in [0.2, 0.25) is 21.7 Å². The van der Waals surface area contributed by atoms with E-state index in [1.54, 1.807) is 25.5 Å². The molecule has 0 atom stereocenters. The predicted octanol–water partition coefficient (Wildman–Crippen LogP) is 2.04. The minimum atomic E-state index is -3.58. The van der Waals surface area contributed by atoms with Gasteiger partial charge in [-0.25, -0.2) is 13.2 Å². The van der Waals surface area contributed by atoms with Gasteiger partial charge < -0.3 is 13.8 Å². The SMILES string of the molecule is Cn1cc(S(=O)(=O)N2CCCC2)cc1C(=O)OCCCc1nc(-c2cccnc2)no1. The summed E-state index contributed by atoms with van der Waals surface area (Å²) in [5.41, 5.74) is 0.946. The largest absolute Gasteiger partial charge is 0.461 e. The van der Waals surface area contributed by atoms with Crippen molar-refractivity contribution in [1.29, 1.82) is 0 Å². The maximum Gasteiger partial charge on any atom is 0.354 e. The maximum atomic E-state index is 12.7. The Morgan fingerprint density at radius 3 is 2.84 bits per heavy atom. The summed E-state index contributed by atoms with van der Waals surface area (Å²) in [6.45, 7) is 1.16. The molecule has 0 amide bonds. The first-order valence-electron chi connectivity index (χ1n) is 10.0. The second-order valence-corrected chi connectivity index (χ2v) is 9.21. The van der Waals surface area contributed by atoms with Gasteiger partial charge >= 0.3 is 5.97 Å². The van der Waals surface area contributed by atoms with E-state index in [1.807, 2.05) is 6.07 Å². The maximum absolute atomic E-state index is 12.7. The van der Waals surface area contributed by atoms with E-state index in [-0.39, 0.29) is 17.2 Å². The summed E-state index contributed by atoms with van der Waals surface area (Å²) >= 11 is 0. The van der Waals surface area contributed by atoms with Crippen LogP contribution in [0.25, 0.3) is 11.4 Å². The summed E-state index contributed by atoms with van der Waals surface area (Å²) in [5.74, 6) is 0.315. The molecule has 0 saturated carbocycles. The zero-order chi connectivity index (χ0) is 21.8. The number of sulfonamides is 1. The van der Waals surface area contributed by atoms with E-state index in [4.69, 9.17) is 9.26 Å². The summed E-state index contributed by atoms with van der Waals surface area (Å²) in [7, 11) is -1.96. The third kappa shape index (κ3) is 4.67. The number of nitrogens with zero attached hydrogens (tertiary/aromatic N) is 5. The number of carbonyl (C=O) groups is 1. The fourth-order valence-electron chi connectivity index (χ4n) is 3.39. The zero-order valence-corrected chi connectivity index (χ0v) is 17.9. The first-order valence-corrected chi connectivity index (χ1v) is 11.5. The number of esters is 1. The lowest BCUT2D eigenvalue weighted by Gasteiger charge is -2.13. The smallest absolute Gasteiger partial charge is 0.354 e. The first kappa shape index (κ1) is 21.2. The number of hydrogen-bond donors (Lipinski definition) is 0. The van der Waals surface area contributed by atoms with Gasteiger partial charge in [0.25, 0.3) is 0 Å². The third-order valence-electron chi connectivity index (χ3n) is 5.05. The van der Waals surface area contributed by atoms with Crippen LogP contribution in [0.15, 0.2) is 46.2 Å².